The third kappa shape index (κ3) is 2.81. The van der Waals surface area contributed by atoms with Gasteiger partial charge in [0.1, 0.15) is 22.6 Å². The summed E-state index contributed by atoms with van der Waals surface area (Å²) in [7, 11) is 0. The van der Waals surface area contributed by atoms with Crippen LogP contribution in [0.25, 0.3) is 31.8 Å². The topological polar surface area (TPSA) is 69.4 Å². The molecule has 124 valence electrons. The number of nitrogens with zero attached hydrogens (tertiary/aromatic N) is 1. The molecule has 4 rings (SSSR count). The number of ether oxygens (including phenoxy) is 1. The Bertz CT molecular complexity index is 1130. The molecule has 0 spiro atoms. The molecule has 0 N–H and O–H groups in total. The summed E-state index contributed by atoms with van der Waals surface area (Å²) < 4.78 is 11.8. The van der Waals surface area contributed by atoms with Crippen molar-refractivity contribution in [3.8, 4) is 16.3 Å². The molecule has 4 aromatic rings. The standard InChI is InChI=1S/C19H13NO4S/c1-2-17(21)24-11-7-8-12-15(9-11)23-10-13(18(12)22)19-20-14-5-3-4-6-16(14)25-19/h3-10H,2H2,1H3. The molecule has 0 bridgehead atoms. The Hall–Kier alpha value is -2.99. The maximum Gasteiger partial charge on any atom is 0.310 e. The lowest BCUT2D eigenvalue weighted by Crippen LogP contribution is -2.07. The SMILES string of the molecule is CCC(=O)Oc1ccc2c(=O)c(-c3nc4ccccc4s3)coc2c1. The smallest absolute Gasteiger partial charge is 0.310 e. The minimum absolute atomic E-state index is 0.159. The average Bonchev–Trinajstić information content (AvgIpc) is 3.05. The van der Waals surface area contributed by atoms with Crippen LogP contribution < -0.4 is 10.2 Å². The summed E-state index contributed by atoms with van der Waals surface area (Å²) in [6.45, 7) is 1.72. The van der Waals surface area contributed by atoms with Gasteiger partial charge in [0.15, 0.2) is 0 Å². The van der Waals surface area contributed by atoms with Crippen LogP contribution in [0.4, 0.5) is 0 Å². The quantitative estimate of drug-likeness (QED) is 0.404. The Labute approximate surface area is 146 Å². The van der Waals surface area contributed by atoms with Gasteiger partial charge in [0.25, 0.3) is 0 Å². The molecule has 0 amide bonds. The summed E-state index contributed by atoms with van der Waals surface area (Å²) in [6, 6.07) is 12.5. The van der Waals surface area contributed by atoms with Crippen molar-refractivity contribution in [2.24, 2.45) is 0 Å². The van der Waals surface area contributed by atoms with E-state index in [4.69, 9.17) is 9.15 Å². The summed E-state index contributed by atoms with van der Waals surface area (Å²) in [5.74, 6) is 0.0167. The van der Waals surface area contributed by atoms with Crippen LogP contribution in [-0.2, 0) is 4.79 Å². The number of esters is 1. The molecule has 2 aromatic heterocycles. The number of thiazole rings is 1. The fourth-order valence-electron chi connectivity index (χ4n) is 2.51. The van der Waals surface area contributed by atoms with Crippen molar-refractivity contribution in [2.75, 3.05) is 0 Å². The molecular weight excluding hydrogens is 338 g/mol. The Morgan fingerprint density at radius 1 is 1.24 bits per heavy atom. The first-order chi connectivity index (χ1) is 12.2. The molecule has 0 aliphatic heterocycles. The van der Waals surface area contributed by atoms with E-state index in [0.717, 1.165) is 10.2 Å². The lowest BCUT2D eigenvalue weighted by Gasteiger charge is -2.04. The molecule has 0 fully saturated rings. The van der Waals surface area contributed by atoms with Gasteiger partial charge in [0, 0.05) is 12.5 Å². The first-order valence-corrected chi connectivity index (χ1v) is 8.59. The normalized spacial score (nSPS) is 11.1. The number of rotatable bonds is 3. The Morgan fingerprint density at radius 3 is 2.88 bits per heavy atom. The van der Waals surface area contributed by atoms with Crippen molar-refractivity contribution in [3.05, 3.63) is 59.0 Å². The first kappa shape index (κ1) is 15.5. The molecule has 0 aliphatic rings. The van der Waals surface area contributed by atoms with E-state index in [1.54, 1.807) is 25.1 Å². The van der Waals surface area contributed by atoms with Gasteiger partial charge in [-0.2, -0.15) is 0 Å². The third-order valence-corrected chi connectivity index (χ3v) is 4.86. The summed E-state index contributed by atoms with van der Waals surface area (Å²) in [6.07, 6.45) is 1.69. The molecule has 0 aliphatic carbocycles. The average molecular weight is 351 g/mol. The summed E-state index contributed by atoms with van der Waals surface area (Å²) in [5.41, 5.74) is 1.49. The molecule has 0 unspecified atom stereocenters. The zero-order valence-electron chi connectivity index (χ0n) is 13.3. The van der Waals surface area contributed by atoms with E-state index in [1.165, 1.54) is 17.6 Å². The van der Waals surface area contributed by atoms with Crippen LogP contribution in [0.1, 0.15) is 13.3 Å². The molecule has 25 heavy (non-hydrogen) atoms. The van der Waals surface area contributed by atoms with Crippen LogP contribution in [0.5, 0.6) is 5.75 Å². The maximum atomic E-state index is 12.8. The van der Waals surface area contributed by atoms with Gasteiger partial charge < -0.3 is 9.15 Å². The Balaban J connectivity index is 1.81. The second-order valence-electron chi connectivity index (χ2n) is 5.45. The van der Waals surface area contributed by atoms with Crippen LogP contribution in [0, 0.1) is 0 Å². The highest BCUT2D eigenvalue weighted by molar-refractivity contribution is 7.21. The molecule has 0 atom stereocenters. The highest BCUT2D eigenvalue weighted by Crippen LogP contribution is 2.29. The van der Waals surface area contributed by atoms with Crippen LogP contribution in [0.3, 0.4) is 0 Å². The summed E-state index contributed by atoms with van der Waals surface area (Å²) >= 11 is 1.45. The zero-order valence-corrected chi connectivity index (χ0v) is 14.1. The maximum absolute atomic E-state index is 12.8. The largest absolute Gasteiger partial charge is 0.463 e. The van der Waals surface area contributed by atoms with Crippen LogP contribution in [0.2, 0.25) is 0 Å². The van der Waals surface area contributed by atoms with E-state index in [2.05, 4.69) is 4.98 Å². The monoisotopic (exact) mass is 351 g/mol. The number of para-hydroxylation sites is 1. The van der Waals surface area contributed by atoms with Crippen molar-refractivity contribution in [3.63, 3.8) is 0 Å². The van der Waals surface area contributed by atoms with Crippen LogP contribution in [0.15, 0.2) is 57.9 Å². The predicted molar refractivity (Wildman–Crippen MR) is 97.0 cm³/mol. The van der Waals surface area contributed by atoms with Crippen LogP contribution in [-0.4, -0.2) is 11.0 Å². The molecule has 5 nitrogen and oxygen atoms in total. The number of benzene rings is 2. The van der Waals surface area contributed by atoms with Gasteiger partial charge in [-0.05, 0) is 24.3 Å². The van der Waals surface area contributed by atoms with E-state index in [-0.39, 0.29) is 17.8 Å². The number of hydrogen-bond acceptors (Lipinski definition) is 6. The zero-order chi connectivity index (χ0) is 17.4. The summed E-state index contributed by atoms with van der Waals surface area (Å²) in [4.78, 5) is 28.7. The number of aromatic nitrogens is 1. The molecular formula is C19H13NO4S. The minimum atomic E-state index is -0.340. The van der Waals surface area contributed by atoms with Gasteiger partial charge in [-0.1, -0.05) is 19.1 Å². The van der Waals surface area contributed by atoms with Crippen molar-refractivity contribution in [2.45, 2.75) is 13.3 Å². The fourth-order valence-corrected chi connectivity index (χ4v) is 3.48. The fraction of sp³-hybridized carbons (Fsp3) is 0.105. The minimum Gasteiger partial charge on any atom is -0.463 e. The lowest BCUT2D eigenvalue weighted by atomic mass is 10.1. The van der Waals surface area contributed by atoms with E-state index in [0.29, 0.717) is 27.3 Å². The van der Waals surface area contributed by atoms with Crippen LogP contribution >= 0.6 is 11.3 Å². The van der Waals surface area contributed by atoms with Gasteiger partial charge in [0.05, 0.1) is 21.2 Å². The highest BCUT2D eigenvalue weighted by Gasteiger charge is 2.14. The van der Waals surface area contributed by atoms with Gasteiger partial charge in [0.2, 0.25) is 5.43 Å². The molecule has 6 heteroatoms. The second-order valence-corrected chi connectivity index (χ2v) is 6.48. The van der Waals surface area contributed by atoms with Gasteiger partial charge in [-0.15, -0.1) is 11.3 Å². The Kier molecular flexibility index (Phi) is 3.82. The van der Waals surface area contributed by atoms with Gasteiger partial charge in [-0.25, -0.2) is 4.98 Å². The molecule has 2 aromatic carbocycles. The highest BCUT2D eigenvalue weighted by atomic mass is 32.1. The number of carbonyl (C=O) groups excluding carboxylic acids is 1. The molecule has 0 saturated heterocycles. The second kappa shape index (κ2) is 6.14. The van der Waals surface area contributed by atoms with E-state index < -0.39 is 0 Å². The predicted octanol–water partition coefficient (Wildman–Crippen LogP) is 4.39. The number of carbonyl (C=O) groups is 1. The van der Waals surface area contributed by atoms with Crippen molar-refractivity contribution in [1.29, 1.82) is 0 Å². The first-order valence-electron chi connectivity index (χ1n) is 7.78. The van der Waals surface area contributed by atoms with Crippen molar-refractivity contribution >= 4 is 38.5 Å². The van der Waals surface area contributed by atoms with E-state index >= 15 is 0 Å². The number of hydrogen-bond donors (Lipinski definition) is 0. The van der Waals surface area contributed by atoms with E-state index in [1.807, 2.05) is 24.3 Å². The van der Waals surface area contributed by atoms with Gasteiger partial charge >= 0.3 is 5.97 Å². The van der Waals surface area contributed by atoms with Crippen molar-refractivity contribution in [1.82, 2.24) is 4.98 Å². The lowest BCUT2D eigenvalue weighted by molar-refractivity contribution is -0.134. The molecule has 0 radical (unpaired) electrons. The molecule has 0 saturated carbocycles. The van der Waals surface area contributed by atoms with Crippen molar-refractivity contribution < 1.29 is 13.9 Å². The molecule has 2 heterocycles. The third-order valence-electron chi connectivity index (χ3n) is 3.79. The number of fused-ring (bicyclic) bond motifs is 2. The van der Waals surface area contributed by atoms with E-state index in [9.17, 15) is 9.59 Å². The Morgan fingerprint density at radius 2 is 2.08 bits per heavy atom. The van der Waals surface area contributed by atoms with Gasteiger partial charge in [-0.3, -0.25) is 9.59 Å². The summed E-state index contributed by atoms with van der Waals surface area (Å²) in [5, 5.41) is 1.05.